The molecule has 86 valence electrons. The minimum Gasteiger partial charge on any atom is -0.379 e. The van der Waals surface area contributed by atoms with E-state index in [1.54, 1.807) is 0 Å². The minimum absolute atomic E-state index is 0.682. The van der Waals surface area contributed by atoms with Gasteiger partial charge in [0.2, 0.25) is 0 Å². The van der Waals surface area contributed by atoms with E-state index in [1.165, 1.54) is 25.7 Å². The molecule has 0 aromatic heterocycles. The summed E-state index contributed by atoms with van der Waals surface area (Å²) < 4.78 is 5.41. The van der Waals surface area contributed by atoms with Crippen LogP contribution in [-0.2, 0) is 4.74 Å². The average molecular weight is 210 g/mol. The van der Waals surface area contributed by atoms with Crippen LogP contribution in [0.1, 0.15) is 25.7 Å². The van der Waals surface area contributed by atoms with Crippen LogP contribution in [0.5, 0.6) is 0 Å². The zero-order valence-corrected chi connectivity index (χ0v) is 9.69. The molecule has 1 heterocycles. The molecule has 1 saturated carbocycles. The summed E-state index contributed by atoms with van der Waals surface area (Å²) in [5.74, 6) is 0.682. The van der Waals surface area contributed by atoms with Crippen LogP contribution in [0.3, 0.4) is 0 Å². The summed E-state index contributed by atoms with van der Waals surface area (Å²) in [6, 6.07) is 0.728. The predicted molar refractivity (Wildman–Crippen MR) is 62.6 cm³/mol. The Hall–Kier alpha value is -0.410. The first-order valence-corrected chi connectivity index (χ1v) is 6.16. The van der Waals surface area contributed by atoms with Gasteiger partial charge in [0.05, 0.1) is 13.2 Å². The van der Waals surface area contributed by atoms with Crippen LogP contribution in [-0.4, -0.2) is 50.5 Å². The summed E-state index contributed by atoms with van der Waals surface area (Å²) >= 11 is 0. The van der Waals surface area contributed by atoms with Gasteiger partial charge in [-0.25, -0.2) is 0 Å². The number of nitrogens with zero attached hydrogens (tertiary/aromatic N) is 2. The fraction of sp³-hybridized carbons (Fsp3) is 0.917. The monoisotopic (exact) mass is 210 g/mol. The van der Waals surface area contributed by atoms with Crippen molar-refractivity contribution < 1.29 is 4.74 Å². The van der Waals surface area contributed by atoms with E-state index >= 15 is 0 Å². The number of hydrogen-bond donors (Lipinski definition) is 0. The summed E-state index contributed by atoms with van der Waals surface area (Å²) in [5.41, 5.74) is 0. The van der Waals surface area contributed by atoms with Gasteiger partial charge in [-0.3, -0.25) is 4.90 Å². The van der Waals surface area contributed by atoms with E-state index in [4.69, 9.17) is 4.74 Å². The van der Waals surface area contributed by atoms with Gasteiger partial charge in [0, 0.05) is 38.3 Å². The smallest absolute Gasteiger partial charge is 0.0594 e. The molecule has 0 amide bonds. The summed E-state index contributed by atoms with van der Waals surface area (Å²) in [7, 11) is 1.89. The Balaban J connectivity index is 1.96. The van der Waals surface area contributed by atoms with E-state index in [2.05, 4.69) is 16.1 Å². The van der Waals surface area contributed by atoms with E-state index in [9.17, 15) is 0 Å². The molecule has 15 heavy (non-hydrogen) atoms. The molecule has 0 bridgehead atoms. The van der Waals surface area contributed by atoms with Crippen molar-refractivity contribution in [1.82, 2.24) is 4.90 Å². The van der Waals surface area contributed by atoms with Crippen molar-refractivity contribution >= 4 is 6.21 Å². The molecule has 1 unspecified atom stereocenters. The highest BCUT2D eigenvalue weighted by atomic mass is 16.5. The van der Waals surface area contributed by atoms with Gasteiger partial charge in [0.25, 0.3) is 0 Å². The van der Waals surface area contributed by atoms with Gasteiger partial charge < -0.3 is 9.73 Å². The van der Waals surface area contributed by atoms with Crippen LogP contribution in [0.15, 0.2) is 4.99 Å². The third-order valence-corrected chi connectivity index (χ3v) is 3.64. The van der Waals surface area contributed by atoms with Crippen molar-refractivity contribution in [3.63, 3.8) is 0 Å². The normalized spacial score (nSPS) is 34.7. The Labute approximate surface area is 92.5 Å². The molecule has 2 atom stereocenters. The van der Waals surface area contributed by atoms with Crippen LogP contribution in [0.2, 0.25) is 0 Å². The Kier molecular flexibility index (Phi) is 4.15. The second kappa shape index (κ2) is 5.61. The van der Waals surface area contributed by atoms with Crippen LogP contribution in [0.25, 0.3) is 0 Å². The van der Waals surface area contributed by atoms with Gasteiger partial charge in [-0.05, 0) is 12.8 Å². The molecule has 0 spiro atoms. The molecule has 0 aromatic rings. The molecule has 0 radical (unpaired) electrons. The molecule has 2 fully saturated rings. The van der Waals surface area contributed by atoms with E-state index in [0.717, 1.165) is 32.3 Å². The SMILES string of the molecule is C/N=C/C1CCCC[C@@H]1N1CCOCC1. The van der Waals surface area contributed by atoms with E-state index in [1.807, 2.05) is 7.05 Å². The summed E-state index contributed by atoms with van der Waals surface area (Å²) in [6.07, 6.45) is 7.59. The highest BCUT2D eigenvalue weighted by Crippen LogP contribution is 2.27. The number of aliphatic imine (C=N–C) groups is 1. The standard InChI is InChI=1S/C12H22N2O/c1-13-10-11-4-2-3-5-12(11)14-6-8-15-9-7-14/h10-12H,2-9H2,1H3/b13-10+/t11?,12-/m0/s1. The first-order chi connectivity index (χ1) is 7.42. The van der Waals surface area contributed by atoms with Gasteiger partial charge in [0.1, 0.15) is 0 Å². The Morgan fingerprint density at radius 3 is 2.67 bits per heavy atom. The zero-order valence-electron chi connectivity index (χ0n) is 9.69. The lowest BCUT2D eigenvalue weighted by atomic mass is 9.84. The summed E-state index contributed by atoms with van der Waals surface area (Å²) in [4.78, 5) is 6.83. The van der Waals surface area contributed by atoms with Gasteiger partial charge in [0.15, 0.2) is 0 Å². The molecule has 1 saturated heterocycles. The van der Waals surface area contributed by atoms with Crippen LogP contribution in [0.4, 0.5) is 0 Å². The van der Waals surface area contributed by atoms with Gasteiger partial charge >= 0.3 is 0 Å². The first kappa shape index (κ1) is 11.1. The molecule has 0 N–H and O–H groups in total. The third-order valence-electron chi connectivity index (χ3n) is 3.64. The highest BCUT2D eigenvalue weighted by Gasteiger charge is 2.29. The second-order valence-electron chi connectivity index (χ2n) is 4.57. The maximum absolute atomic E-state index is 5.41. The van der Waals surface area contributed by atoms with Crippen LogP contribution < -0.4 is 0 Å². The van der Waals surface area contributed by atoms with E-state index in [0.29, 0.717) is 5.92 Å². The first-order valence-electron chi connectivity index (χ1n) is 6.16. The van der Waals surface area contributed by atoms with Crippen molar-refractivity contribution in [2.24, 2.45) is 10.9 Å². The molecule has 3 heteroatoms. The molecule has 1 aliphatic heterocycles. The second-order valence-corrected chi connectivity index (χ2v) is 4.57. The zero-order chi connectivity index (χ0) is 10.5. The lowest BCUT2D eigenvalue weighted by Crippen LogP contribution is -2.48. The Morgan fingerprint density at radius 2 is 1.93 bits per heavy atom. The van der Waals surface area contributed by atoms with Gasteiger partial charge in [-0.2, -0.15) is 0 Å². The third kappa shape index (κ3) is 2.79. The average Bonchev–Trinajstić information content (AvgIpc) is 2.31. The largest absolute Gasteiger partial charge is 0.379 e. The Bertz CT molecular complexity index is 212. The number of rotatable bonds is 2. The lowest BCUT2D eigenvalue weighted by molar-refractivity contribution is 0.00189. The Morgan fingerprint density at radius 1 is 1.20 bits per heavy atom. The van der Waals surface area contributed by atoms with Crippen molar-refractivity contribution in [3.8, 4) is 0 Å². The van der Waals surface area contributed by atoms with Crippen molar-refractivity contribution in [2.75, 3.05) is 33.4 Å². The maximum Gasteiger partial charge on any atom is 0.0594 e. The van der Waals surface area contributed by atoms with E-state index < -0.39 is 0 Å². The number of ether oxygens (including phenoxy) is 1. The maximum atomic E-state index is 5.41. The van der Waals surface area contributed by atoms with Crippen LogP contribution >= 0.6 is 0 Å². The fourth-order valence-electron chi connectivity index (χ4n) is 2.87. The number of morpholine rings is 1. The fourth-order valence-corrected chi connectivity index (χ4v) is 2.87. The highest BCUT2D eigenvalue weighted by molar-refractivity contribution is 5.61. The molecular weight excluding hydrogens is 188 g/mol. The minimum atomic E-state index is 0.682. The quantitative estimate of drug-likeness (QED) is 0.646. The van der Waals surface area contributed by atoms with Crippen molar-refractivity contribution in [3.05, 3.63) is 0 Å². The van der Waals surface area contributed by atoms with Crippen LogP contribution in [0, 0.1) is 5.92 Å². The predicted octanol–water partition coefficient (Wildman–Crippen LogP) is 1.58. The number of hydrogen-bond acceptors (Lipinski definition) is 3. The molecule has 2 aliphatic rings. The van der Waals surface area contributed by atoms with Gasteiger partial charge in [-0.15, -0.1) is 0 Å². The molecular formula is C12H22N2O. The topological polar surface area (TPSA) is 24.8 Å². The van der Waals surface area contributed by atoms with Crippen molar-refractivity contribution in [1.29, 1.82) is 0 Å². The van der Waals surface area contributed by atoms with Gasteiger partial charge in [-0.1, -0.05) is 12.8 Å². The molecule has 0 aromatic carbocycles. The van der Waals surface area contributed by atoms with E-state index in [-0.39, 0.29) is 0 Å². The molecule has 1 aliphatic carbocycles. The molecule has 2 rings (SSSR count). The van der Waals surface area contributed by atoms with Crippen molar-refractivity contribution in [2.45, 2.75) is 31.7 Å². The summed E-state index contributed by atoms with van der Waals surface area (Å²) in [5, 5.41) is 0. The summed E-state index contributed by atoms with van der Waals surface area (Å²) in [6.45, 7) is 4.04. The lowest BCUT2D eigenvalue weighted by Gasteiger charge is -2.40. The molecule has 3 nitrogen and oxygen atoms in total.